The van der Waals surface area contributed by atoms with Crippen LogP contribution < -0.4 is 14.8 Å². The third-order valence-electron chi connectivity index (χ3n) is 6.81. The molecule has 9 heteroatoms. The molecule has 0 aliphatic heterocycles. The lowest BCUT2D eigenvalue weighted by Gasteiger charge is -2.30. The molecule has 2 N–H and O–H groups in total. The molecule has 0 unspecified atom stereocenters. The normalized spacial score (nSPS) is 10.9. The number of carbonyl (C=O) groups excluding carboxylic acids is 2. The summed E-state index contributed by atoms with van der Waals surface area (Å²) in [4.78, 5) is 33.3. The number of aromatic amines is 1. The van der Waals surface area contributed by atoms with Gasteiger partial charge in [-0.2, -0.15) is 0 Å². The summed E-state index contributed by atoms with van der Waals surface area (Å²) in [5, 5.41) is 3.70. The van der Waals surface area contributed by atoms with Gasteiger partial charge in [0.2, 0.25) is 5.91 Å². The van der Waals surface area contributed by atoms with Crippen LogP contribution in [0, 0.1) is 5.82 Å². The Hall–Kier alpha value is -4.53. The van der Waals surface area contributed by atoms with Gasteiger partial charge in [0.05, 0.1) is 19.9 Å². The molecule has 1 heterocycles. The predicted molar refractivity (Wildman–Crippen MR) is 154 cm³/mol. The fraction of sp³-hybridized carbons (Fsp3) is 0.290. The van der Waals surface area contributed by atoms with E-state index >= 15 is 0 Å². The summed E-state index contributed by atoms with van der Waals surface area (Å²) >= 11 is 0. The number of amides is 3. The number of aromatic nitrogens is 1. The van der Waals surface area contributed by atoms with E-state index < -0.39 is 11.8 Å². The Balaban J connectivity index is 1.56. The van der Waals surface area contributed by atoms with Gasteiger partial charge in [0.1, 0.15) is 12.4 Å². The fourth-order valence-electron chi connectivity index (χ4n) is 4.57. The molecule has 8 nitrogen and oxygen atoms in total. The van der Waals surface area contributed by atoms with Crippen molar-refractivity contribution >= 4 is 28.5 Å². The number of halogens is 1. The highest BCUT2D eigenvalue weighted by Gasteiger charge is 2.25. The van der Waals surface area contributed by atoms with Crippen molar-refractivity contribution in [1.29, 1.82) is 0 Å². The third-order valence-corrected chi connectivity index (χ3v) is 6.81. The second-order valence-electron chi connectivity index (χ2n) is 9.75. The number of fused-ring (bicyclic) bond motifs is 1. The van der Waals surface area contributed by atoms with Crippen LogP contribution in [0.1, 0.15) is 25.0 Å². The summed E-state index contributed by atoms with van der Waals surface area (Å²) in [5.41, 5.74) is 3.05. The number of hydrogen-bond donors (Lipinski definition) is 2. The summed E-state index contributed by atoms with van der Waals surface area (Å²) < 4.78 is 25.0. The van der Waals surface area contributed by atoms with Crippen molar-refractivity contribution in [2.24, 2.45) is 0 Å². The lowest BCUT2D eigenvalue weighted by molar-refractivity contribution is -0.132. The molecule has 4 aromatic rings. The average Bonchev–Trinajstić information content (AvgIpc) is 3.37. The van der Waals surface area contributed by atoms with Crippen molar-refractivity contribution in [2.75, 3.05) is 32.6 Å². The first-order valence-electron chi connectivity index (χ1n) is 13.2. The van der Waals surface area contributed by atoms with E-state index in [1.54, 1.807) is 37.3 Å². The van der Waals surface area contributed by atoms with Crippen LogP contribution in [0.25, 0.3) is 10.9 Å². The number of H-pyrrole nitrogens is 1. The highest BCUT2D eigenvalue weighted by Crippen LogP contribution is 2.28. The van der Waals surface area contributed by atoms with Gasteiger partial charge in [0.25, 0.3) is 0 Å². The highest BCUT2D eigenvalue weighted by molar-refractivity contribution is 5.92. The van der Waals surface area contributed by atoms with Crippen LogP contribution in [0.15, 0.2) is 72.9 Å². The molecule has 3 amide bonds. The lowest BCUT2D eigenvalue weighted by Crippen LogP contribution is -2.47. The molecule has 0 fully saturated rings. The van der Waals surface area contributed by atoms with Gasteiger partial charge >= 0.3 is 6.03 Å². The van der Waals surface area contributed by atoms with Gasteiger partial charge in [-0.3, -0.25) is 4.79 Å². The Morgan fingerprint density at radius 2 is 1.70 bits per heavy atom. The molecule has 0 bridgehead atoms. The van der Waals surface area contributed by atoms with Crippen molar-refractivity contribution in [1.82, 2.24) is 14.8 Å². The van der Waals surface area contributed by atoms with E-state index in [-0.39, 0.29) is 24.2 Å². The Labute approximate surface area is 233 Å². The average molecular weight is 547 g/mol. The molecule has 0 radical (unpaired) electrons. The number of hydrogen-bond acceptors (Lipinski definition) is 4. The van der Waals surface area contributed by atoms with E-state index in [9.17, 15) is 14.0 Å². The molecule has 0 saturated heterocycles. The summed E-state index contributed by atoms with van der Waals surface area (Å²) in [6.07, 6.45) is 2.58. The molecule has 0 aliphatic carbocycles. The standard InChI is InChI=1S/C31H35FN4O4/c1-21(2)36(31(38)34-27-12-8-6-10-25(27)32)20-30(37)35(19-22-13-14-28(39-3)29(17-22)40-4)16-15-23-18-33-26-11-7-5-9-24(23)26/h5-14,17-18,21,33H,15-16,19-20H2,1-4H3,(H,34,38). The van der Waals surface area contributed by atoms with E-state index in [0.29, 0.717) is 31.0 Å². The Morgan fingerprint density at radius 1 is 0.975 bits per heavy atom. The minimum atomic E-state index is -0.545. The van der Waals surface area contributed by atoms with Gasteiger partial charge < -0.3 is 29.6 Å². The zero-order valence-corrected chi connectivity index (χ0v) is 23.2. The summed E-state index contributed by atoms with van der Waals surface area (Å²) in [7, 11) is 3.14. The van der Waals surface area contributed by atoms with Crippen LogP contribution in [0.5, 0.6) is 11.5 Å². The largest absolute Gasteiger partial charge is 0.493 e. The van der Waals surface area contributed by atoms with Crippen molar-refractivity contribution in [3.05, 3.63) is 89.9 Å². The zero-order valence-electron chi connectivity index (χ0n) is 23.2. The first kappa shape index (κ1) is 28.5. The van der Waals surface area contributed by atoms with Gasteiger partial charge in [0, 0.05) is 36.2 Å². The van der Waals surface area contributed by atoms with E-state index in [1.807, 2.05) is 50.4 Å². The van der Waals surface area contributed by atoms with Crippen LogP contribution in [-0.2, 0) is 17.8 Å². The number of carbonyl (C=O) groups is 2. The quantitative estimate of drug-likeness (QED) is 0.248. The van der Waals surface area contributed by atoms with Crippen molar-refractivity contribution < 1.29 is 23.5 Å². The number of rotatable bonds is 11. The number of anilines is 1. The summed E-state index contributed by atoms with van der Waals surface area (Å²) in [5.74, 6) is 0.391. The molecule has 0 saturated carbocycles. The molecule has 0 aliphatic rings. The van der Waals surface area contributed by atoms with Crippen LogP contribution in [0.3, 0.4) is 0 Å². The number of para-hydroxylation sites is 2. The highest BCUT2D eigenvalue weighted by atomic mass is 19.1. The van der Waals surface area contributed by atoms with E-state index in [0.717, 1.165) is 22.0 Å². The number of nitrogens with one attached hydrogen (secondary N) is 2. The Bertz CT molecular complexity index is 1470. The number of benzene rings is 3. The van der Waals surface area contributed by atoms with Gasteiger partial charge in [-0.15, -0.1) is 0 Å². The maximum atomic E-state index is 14.2. The van der Waals surface area contributed by atoms with E-state index in [4.69, 9.17) is 9.47 Å². The minimum Gasteiger partial charge on any atom is -0.493 e. The van der Waals surface area contributed by atoms with E-state index in [2.05, 4.69) is 16.4 Å². The Morgan fingerprint density at radius 3 is 2.42 bits per heavy atom. The third kappa shape index (κ3) is 6.72. The summed E-state index contributed by atoms with van der Waals surface area (Å²) in [6, 6.07) is 18.7. The molecule has 210 valence electrons. The van der Waals surface area contributed by atoms with Crippen LogP contribution >= 0.6 is 0 Å². The van der Waals surface area contributed by atoms with Crippen LogP contribution in [0.2, 0.25) is 0 Å². The second kappa shape index (κ2) is 13.0. The van der Waals surface area contributed by atoms with Gasteiger partial charge in [0.15, 0.2) is 11.5 Å². The maximum Gasteiger partial charge on any atom is 0.322 e. The SMILES string of the molecule is COc1ccc(CN(CCc2c[nH]c3ccccc23)C(=O)CN(C(=O)Nc2ccccc2F)C(C)C)cc1OC. The zero-order chi connectivity index (χ0) is 28.6. The Kier molecular flexibility index (Phi) is 9.27. The van der Waals surface area contributed by atoms with Crippen molar-refractivity contribution in [3.8, 4) is 11.5 Å². The molecular formula is C31H35FN4O4. The molecular weight excluding hydrogens is 511 g/mol. The smallest absolute Gasteiger partial charge is 0.322 e. The van der Waals surface area contributed by atoms with Crippen molar-refractivity contribution in [2.45, 2.75) is 32.9 Å². The topological polar surface area (TPSA) is 86.9 Å². The number of urea groups is 1. The minimum absolute atomic E-state index is 0.0621. The molecule has 1 aromatic heterocycles. The lowest BCUT2D eigenvalue weighted by atomic mass is 10.1. The second-order valence-corrected chi connectivity index (χ2v) is 9.75. The number of methoxy groups -OCH3 is 2. The summed E-state index contributed by atoms with van der Waals surface area (Å²) in [6.45, 7) is 4.20. The molecule has 0 atom stereocenters. The van der Waals surface area contributed by atoms with Crippen LogP contribution in [0.4, 0.5) is 14.9 Å². The number of ether oxygens (including phenoxy) is 2. The van der Waals surface area contributed by atoms with Gasteiger partial charge in [-0.1, -0.05) is 36.4 Å². The monoisotopic (exact) mass is 546 g/mol. The van der Waals surface area contributed by atoms with Gasteiger partial charge in [-0.05, 0) is 61.7 Å². The molecule has 0 spiro atoms. The van der Waals surface area contributed by atoms with Gasteiger partial charge in [-0.25, -0.2) is 9.18 Å². The van der Waals surface area contributed by atoms with Crippen molar-refractivity contribution in [3.63, 3.8) is 0 Å². The fourth-order valence-corrected chi connectivity index (χ4v) is 4.57. The molecule has 4 rings (SSSR count). The first-order valence-corrected chi connectivity index (χ1v) is 13.2. The first-order chi connectivity index (χ1) is 19.3. The maximum absolute atomic E-state index is 14.2. The van der Waals surface area contributed by atoms with E-state index in [1.165, 1.54) is 17.0 Å². The van der Waals surface area contributed by atoms with Crippen LogP contribution in [-0.4, -0.2) is 60.1 Å². The molecule has 3 aromatic carbocycles. The molecule has 40 heavy (non-hydrogen) atoms. The predicted octanol–water partition coefficient (Wildman–Crippen LogP) is 5.84. The number of nitrogens with zero attached hydrogens (tertiary/aromatic N) is 2.